The summed E-state index contributed by atoms with van der Waals surface area (Å²) in [5, 5.41) is 13.0. The molecule has 0 unspecified atom stereocenters. The van der Waals surface area contributed by atoms with Gasteiger partial charge in [-0.15, -0.1) is 24.8 Å². The van der Waals surface area contributed by atoms with Gasteiger partial charge in [0.05, 0.1) is 0 Å². The van der Waals surface area contributed by atoms with Crippen LogP contribution >= 0.6 is 24.8 Å². The first-order chi connectivity index (χ1) is 8.22. The van der Waals surface area contributed by atoms with Crippen molar-refractivity contribution in [3.8, 4) is 0 Å². The normalized spacial score (nSPS) is 20.9. The van der Waals surface area contributed by atoms with E-state index in [4.69, 9.17) is 0 Å². The van der Waals surface area contributed by atoms with E-state index in [1.807, 2.05) is 0 Å². The van der Waals surface area contributed by atoms with Crippen molar-refractivity contribution >= 4 is 24.8 Å². The second kappa shape index (κ2) is 4.89. The Morgan fingerprint density at radius 3 is 1.41 bits per heavy atom. The second-order valence-corrected chi connectivity index (χ2v) is 38.5. The summed E-state index contributed by atoms with van der Waals surface area (Å²) in [4.78, 5) is 0. The molecule has 0 N–H and O–H groups in total. The maximum atomic E-state index is 2.87. The van der Waals surface area contributed by atoms with Crippen LogP contribution in [0.5, 0.6) is 0 Å². The SMILES string of the molecule is CC(C)(C)[N](C(C)(C)C)[Ti]([CH3])([CH3])([CH3])([CH3])([CH3])[C]1=CC=CC1.Cl.Cl. The molecule has 1 nitrogen and oxygen atoms in total. The smallest absolute Gasteiger partial charge is 0.147 e. The van der Waals surface area contributed by atoms with E-state index < -0.39 is 13.0 Å². The van der Waals surface area contributed by atoms with Gasteiger partial charge in [0.1, 0.15) is 0 Å². The zero-order chi connectivity index (χ0) is 16.4. The summed E-state index contributed by atoms with van der Waals surface area (Å²) in [6.45, 7) is 14.2. The van der Waals surface area contributed by atoms with Crippen LogP contribution in [0.3, 0.4) is 0 Å². The molecule has 0 fully saturated rings. The maximum Gasteiger partial charge on any atom is -0.147 e. The van der Waals surface area contributed by atoms with E-state index in [-0.39, 0.29) is 35.9 Å². The second-order valence-electron chi connectivity index (χ2n) is 13.5. The van der Waals surface area contributed by atoms with E-state index in [1.165, 1.54) is 0 Å². The van der Waals surface area contributed by atoms with E-state index >= 15 is 0 Å². The Labute approximate surface area is 148 Å². The molecule has 22 heavy (non-hydrogen) atoms. The van der Waals surface area contributed by atoms with Crippen LogP contribution in [0.4, 0.5) is 0 Å². The van der Waals surface area contributed by atoms with Crippen molar-refractivity contribution in [1.29, 1.82) is 0 Å². The van der Waals surface area contributed by atoms with E-state index in [9.17, 15) is 0 Å². The molecule has 0 aliphatic heterocycles. The van der Waals surface area contributed by atoms with Gasteiger partial charge in [0.25, 0.3) is 0 Å². The summed E-state index contributed by atoms with van der Waals surface area (Å²) in [5.74, 6) is 0. The molecule has 0 aromatic carbocycles. The Kier molecular flexibility index (Phi) is 5.55. The Balaban J connectivity index is 0. The topological polar surface area (TPSA) is 3.24 Å². The van der Waals surface area contributed by atoms with Gasteiger partial charge in [-0.25, -0.2) is 0 Å². The van der Waals surface area contributed by atoms with E-state index in [2.05, 4.69) is 89.3 Å². The number of hydrogen-bond donors (Lipinski definition) is 0. The van der Waals surface area contributed by atoms with Crippen molar-refractivity contribution in [1.82, 2.24) is 3.38 Å². The number of halogens is 2. The molecule has 0 heterocycles. The number of allylic oxidation sites excluding steroid dienone is 4. The zero-order valence-electron chi connectivity index (χ0n) is 16.7. The molecule has 135 valence electrons. The molecule has 0 radical (unpaired) electrons. The Hall–Kier alpha value is 0.734. The van der Waals surface area contributed by atoms with Gasteiger partial charge in [-0.1, -0.05) is 0 Å². The summed E-state index contributed by atoms with van der Waals surface area (Å²) < 4.78 is 4.52. The van der Waals surface area contributed by atoms with Crippen molar-refractivity contribution in [2.45, 2.75) is 85.2 Å². The van der Waals surface area contributed by atoms with Crippen molar-refractivity contribution in [3.05, 3.63) is 22.1 Å². The van der Waals surface area contributed by atoms with Crippen molar-refractivity contribution in [2.24, 2.45) is 0 Å². The Bertz CT molecular complexity index is 486. The van der Waals surface area contributed by atoms with Crippen LogP contribution in [0.25, 0.3) is 0 Å². The van der Waals surface area contributed by atoms with Gasteiger partial charge >= 0.3 is 124 Å². The van der Waals surface area contributed by atoms with Gasteiger partial charge in [-0.05, 0) is 0 Å². The fourth-order valence-corrected chi connectivity index (χ4v) is 21.8. The fourth-order valence-electron chi connectivity index (χ4n) is 6.30. The number of hydrogen-bond acceptors (Lipinski definition) is 1. The third-order valence-corrected chi connectivity index (χ3v) is 17.1. The van der Waals surface area contributed by atoms with Crippen LogP contribution in [0.1, 0.15) is 48.0 Å². The van der Waals surface area contributed by atoms with E-state index in [0.717, 1.165) is 6.42 Å². The van der Waals surface area contributed by atoms with E-state index in [0.29, 0.717) is 0 Å². The number of rotatable bonds is 2. The summed E-state index contributed by atoms with van der Waals surface area (Å²) >= 11 is -4.03. The van der Waals surface area contributed by atoms with Crippen LogP contribution in [0.2, 0.25) is 26.1 Å². The van der Waals surface area contributed by atoms with Crippen molar-refractivity contribution < 1.29 is 13.0 Å². The van der Waals surface area contributed by atoms with Crippen molar-refractivity contribution in [2.75, 3.05) is 0 Å². The monoisotopic (exact) mass is 388 g/mol. The fraction of sp³-hybridized carbons (Fsp3) is 0.778. The first-order valence-electron chi connectivity index (χ1n) is 8.14. The van der Waals surface area contributed by atoms with Gasteiger partial charge in [0, 0.05) is 0 Å². The van der Waals surface area contributed by atoms with Gasteiger partial charge in [-0.3, -0.25) is 0 Å². The summed E-state index contributed by atoms with van der Waals surface area (Å²) in [6, 6.07) is 0. The Morgan fingerprint density at radius 1 is 0.818 bits per heavy atom. The molecule has 4 heteroatoms. The summed E-state index contributed by atoms with van der Waals surface area (Å²) in [5.41, 5.74) is 0.249. The molecule has 1 aliphatic rings. The third-order valence-electron chi connectivity index (χ3n) is 5.09. The minimum absolute atomic E-state index is 0. The predicted molar refractivity (Wildman–Crippen MR) is 107 cm³/mol. The van der Waals surface area contributed by atoms with Crippen LogP contribution < -0.4 is 0 Å². The zero-order valence-corrected chi connectivity index (χ0v) is 19.9. The molecule has 0 saturated carbocycles. The molecule has 0 aromatic heterocycles. The standard InChI is InChI=1S/C8H18N.C5H5.5CH3.2ClH.Ti/c1-7(2,3)9-8(4,5)6;1-2-4-5-3-1;;;;;;;;/h1-6H3;1-3H,4H2;5*1H3;2*1H;/q-1;;;;;;;;;+1. The number of nitrogens with zero attached hydrogens (tertiary/aromatic N) is 1. The average Bonchev–Trinajstić information content (AvgIpc) is 2.41. The molecule has 0 amide bonds. The van der Waals surface area contributed by atoms with Gasteiger partial charge in [0.2, 0.25) is 0 Å². The largest absolute Gasteiger partial charge is 0.147 e. The molecular formula is C18H40Cl2NTi. The van der Waals surface area contributed by atoms with E-state index in [1.54, 1.807) is 3.88 Å². The molecule has 0 atom stereocenters. The quantitative estimate of drug-likeness (QED) is 0.442. The first-order valence-corrected chi connectivity index (χ1v) is 17.4. The molecule has 0 bridgehead atoms. The summed E-state index contributed by atoms with van der Waals surface area (Å²) in [6.07, 6.45) is 8.05. The predicted octanol–water partition coefficient (Wildman–Crippen LogP) is 7.49. The Morgan fingerprint density at radius 2 is 1.18 bits per heavy atom. The molecular weight excluding hydrogens is 349 g/mol. The van der Waals surface area contributed by atoms with Crippen LogP contribution in [-0.4, -0.2) is 14.5 Å². The first kappa shape index (κ1) is 25.0. The maximum absolute atomic E-state index is 4.03. The molecule has 1 aliphatic carbocycles. The van der Waals surface area contributed by atoms with Gasteiger partial charge < -0.3 is 0 Å². The average molecular weight is 389 g/mol. The minimum atomic E-state index is -4.03. The molecule has 0 saturated heterocycles. The van der Waals surface area contributed by atoms with Crippen LogP contribution in [0, 0.1) is 0 Å². The van der Waals surface area contributed by atoms with Crippen LogP contribution in [0.15, 0.2) is 22.1 Å². The molecule has 1 rings (SSSR count). The summed E-state index contributed by atoms with van der Waals surface area (Å²) in [7, 11) is 0. The third kappa shape index (κ3) is 4.22. The van der Waals surface area contributed by atoms with Gasteiger partial charge in [-0.2, -0.15) is 0 Å². The van der Waals surface area contributed by atoms with Gasteiger partial charge in [0.15, 0.2) is 0 Å². The molecule has 0 spiro atoms. The van der Waals surface area contributed by atoms with Crippen molar-refractivity contribution in [3.63, 3.8) is 0 Å². The van der Waals surface area contributed by atoms with Crippen LogP contribution in [-0.2, 0) is 13.0 Å². The minimum Gasteiger partial charge on any atom is -0.147 e. The molecule has 0 aromatic rings.